The van der Waals surface area contributed by atoms with Crippen LogP contribution in [0.3, 0.4) is 0 Å². The van der Waals surface area contributed by atoms with Gasteiger partial charge in [-0.3, -0.25) is 4.40 Å². The van der Waals surface area contributed by atoms with Gasteiger partial charge in [-0.1, -0.05) is 35.8 Å². The number of imidazole rings is 1. The Kier molecular flexibility index (Phi) is 4.10. The minimum atomic E-state index is 0.285. The van der Waals surface area contributed by atoms with Crippen LogP contribution in [0.5, 0.6) is 5.75 Å². The second-order valence-electron chi connectivity index (χ2n) is 4.84. The SMILES string of the molecule is C=Cc1c(C)nc2c(OCc3c(Cl)cccc3Cl)cccn12. The maximum absolute atomic E-state index is 6.17. The average molecular weight is 333 g/mol. The molecule has 0 aliphatic rings. The Hall–Kier alpha value is -1.97. The number of nitrogens with zero attached hydrogens (tertiary/aromatic N) is 2. The van der Waals surface area contributed by atoms with Crippen molar-refractivity contribution in [1.29, 1.82) is 0 Å². The first-order chi connectivity index (χ1) is 10.6. The summed E-state index contributed by atoms with van der Waals surface area (Å²) in [6.07, 6.45) is 3.71. The highest BCUT2D eigenvalue weighted by atomic mass is 35.5. The smallest absolute Gasteiger partial charge is 0.180 e. The number of benzene rings is 1. The summed E-state index contributed by atoms with van der Waals surface area (Å²) in [6, 6.07) is 9.18. The van der Waals surface area contributed by atoms with Gasteiger partial charge in [0.2, 0.25) is 0 Å². The summed E-state index contributed by atoms with van der Waals surface area (Å²) in [5.41, 5.74) is 3.37. The van der Waals surface area contributed by atoms with Gasteiger partial charge >= 0.3 is 0 Å². The summed E-state index contributed by atoms with van der Waals surface area (Å²) in [6.45, 7) is 6.05. The highest BCUT2D eigenvalue weighted by Gasteiger charge is 2.12. The van der Waals surface area contributed by atoms with Crippen molar-refractivity contribution >= 4 is 34.9 Å². The molecule has 0 N–H and O–H groups in total. The molecule has 0 unspecified atom stereocenters. The predicted octanol–water partition coefficient (Wildman–Crippen LogP) is 5.17. The van der Waals surface area contributed by atoms with E-state index in [1.165, 1.54) is 0 Å². The number of aromatic nitrogens is 2. The molecule has 0 saturated heterocycles. The third-order valence-electron chi connectivity index (χ3n) is 3.46. The summed E-state index contributed by atoms with van der Waals surface area (Å²) in [5.74, 6) is 0.676. The van der Waals surface area contributed by atoms with E-state index in [4.69, 9.17) is 27.9 Å². The molecule has 0 fully saturated rings. The molecule has 1 aromatic carbocycles. The maximum atomic E-state index is 6.17. The minimum Gasteiger partial charge on any atom is -0.485 e. The first-order valence-corrected chi connectivity index (χ1v) is 7.53. The van der Waals surface area contributed by atoms with Crippen LogP contribution < -0.4 is 4.74 Å². The lowest BCUT2D eigenvalue weighted by Crippen LogP contribution is -1.99. The molecule has 2 aromatic heterocycles. The first-order valence-electron chi connectivity index (χ1n) is 6.77. The molecule has 112 valence electrons. The van der Waals surface area contributed by atoms with Crippen LogP contribution in [0, 0.1) is 6.92 Å². The zero-order chi connectivity index (χ0) is 15.7. The van der Waals surface area contributed by atoms with Crippen molar-refractivity contribution in [2.45, 2.75) is 13.5 Å². The molecule has 0 aliphatic carbocycles. The number of halogens is 2. The van der Waals surface area contributed by atoms with Crippen LogP contribution in [0.2, 0.25) is 10.0 Å². The molecule has 3 rings (SSSR count). The molecular weight excluding hydrogens is 319 g/mol. The van der Waals surface area contributed by atoms with Crippen LogP contribution in [0.1, 0.15) is 17.0 Å². The molecule has 22 heavy (non-hydrogen) atoms. The number of hydrogen-bond donors (Lipinski definition) is 0. The van der Waals surface area contributed by atoms with E-state index in [0.717, 1.165) is 22.6 Å². The Balaban J connectivity index is 1.96. The number of hydrogen-bond acceptors (Lipinski definition) is 2. The highest BCUT2D eigenvalue weighted by molar-refractivity contribution is 6.35. The number of aryl methyl sites for hydroxylation is 1. The second-order valence-corrected chi connectivity index (χ2v) is 5.66. The van der Waals surface area contributed by atoms with Gasteiger partial charge in [-0.2, -0.15) is 0 Å². The fourth-order valence-corrected chi connectivity index (χ4v) is 2.86. The van der Waals surface area contributed by atoms with Crippen molar-refractivity contribution in [2.24, 2.45) is 0 Å². The van der Waals surface area contributed by atoms with Gasteiger partial charge in [0.15, 0.2) is 11.4 Å². The van der Waals surface area contributed by atoms with Gasteiger partial charge in [-0.25, -0.2) is 4.98 Å². The number of rotatable bonds is 4. The van der Waals surface area contributed by atoms with E-state index < -0.39 is 0 Å². The molecule has 0 aliphatic heterocycles. The van der Waals surface area contributed by atoms with Crippen LogP contribution in [-0.4, -0.2) is 9.38 Å². The van der Waals surface area contributed by atoms with Crippen LogP contribution in [0.25, 0.3) is 11.7 Å². The minimum absolute atomic E-state index is 0.285. The molecule has 0 saturated carbocycles. The van der Waals surface area contributed by atoms with Gasteiger partial charge in [0.25, 0.3) is 0 Å². The lowest BCUT2D eigenvalue weighted by atomic mass is 10.2. The van der Waals surface area contributed by atoms with Gasteiger partial charge in [0.1, 0.15) is 6.61 Å². The van der Waals surface area contributed by atoms with Gasteiger partial charge < -0.3 is 4.74 Å². The maximum Gasteiger partial charge on any atom is 0.180 e. The van der Waals surface area contributed by atoms with Gasteiger partial charge in [-0.15, -0.1) is 0 Å². The van der Waals surface area contributed by atoms with E-state index in [9.17, 15) is 0 Å². The summed E-state index contributed by atoms with van der Waals surface area (Å²) in [7, 11) is 0. The van der Waals surface area contributed by atoms with Gasteiger partial charge in [-0.05, 0) is 37.3 Å². The largest absolute Gasteiger partial charge is 0.485 e. The standard InChI is InChI=1S/C17H14Cl2N2O/c1-3-15-11(2)20-17-16(8-5-9-21(15)17)22-10-12-13(18)6-4-7-14(12)19/h3-9H,1,10H2,2H3. The topological polar surface area (TPSA) is 26.5 Å². The molecule has 3 nitrogen and oxygen atoms in total. The van der Waals surface area contributed by atoms with Crippen molar-refractivity contribution in [2.75, 3.05) is 0 Å². The fourth-order valence-electron chi connectivity index (χ4n) is 2.35. The van der Waals surface area contributed by atoms with Crippen molar-refractivity contribution in [3.05, 3.63) is 70.1 Å². The molecular formula is C17H14Cl2N2O. The van der Waals surface area contributed by atoms with Crippen LogP contribution in [-0.2, 0) is 6.61 Å². The van der Waals surface area contributed by atoms with Gasteiger partial charge in [0, 0.05) is 21.8 Å². The number of pyridine rings is 1. The highest BCUT2D eigenvalue weighted by Crippen LogP contribution is 2.28. The molecule has 0 radical (unpaired) electrons. The van der Waals surface area contributed by atoms with Crippen LogP contribution in [0.4, 0.5) is 0 Å². The number of fused-ring (bicyclic) bond motifs is 1. The average Bonchev–Trinajstić information content (AvgIpc) is 2.82. The summed E-state index contributed by atoms with van der Waals surface area (Å²) < 4.78 is 7.84. The first kappa shape index (κ1) is 14.9. The van der Waals surface area contributed by atoms with E-state index in [0.29, 0.717) is 15.8 Å². The third-order valence-corrected chi connectivity index (χ3v) is 4.17. The van der Waals surface area contributed by atoms with E-state index in [1.54, 1.807) is 18.2 Å². The van der Waals surface area contributed by atoms with Gasteiger partial charge in [0.05, 0.1) is 11.4 Å². The Labute approximate surface area is 138 Å². The van der Waals surface area contributed by atoms with Crippen molar-refractivity contribution in [1.82, 2.24) is 9.38 Å². The van der Waals surface area contributed by atoms with E-state index in [2.05, 4.69) is 11.6 Å². The molecule has 3 aromatic rings. The summed E-state index contributed by atoms with van der Waals surface area (Å²) in [5, 5.41) is 1.18. The quantitative estimate of drug-likeness (QED) is 0.658. The predicted molar refractivity (Wildman–Crippen MR) is 90.8 cm³/mol. The zero-order valence-electron chi connectivity index (χ0n) is 12.0. The zero-order valence-corrected chi connectivity index (χ0v) is 13.5. The second kappa shape index (κ2) is 6.03. The summed E-state index contributed by atoms with van der Waals surface area (Å²) in [4.78, 5) is 4.54. The Morgan fingerprint density at radius 2 is 1.95 bits per heavy atom. The third kappa shape index (κ3) is 2.58. The Bertz CT molecular complexity index is 835. The van der Waals surface area contributed by atoms with Crippen LogP contribution in [0.15, 0.2) is 43.1 Å². The molecule has 0 amide bonds. The lowest BCUT2D eigenvalue weighted by Gasteiger charge is -2.10. The van der Waals surface area contributed by atoms with Crippen molar-refractivity contribution < 1.29 is 4.74 Å². The fraction of sp³-hybridized carbons (Fsp3) is 0.118. The van der Waals surface area contributed by atoms with Crippen LogP contribution >= 0.6 is 23.2 Å². The van der Waals surface area contributed by atoms with E-state index in [1.807, 2.05) is 35.7 Å². The van der Waals surface area contributed by atoms with Crippen molar-refractivity contribution in [3.63, 3.8) is 0 Å². The van der Waals surface area contributed by atoms with E-state index >= 15 is 0 Å². The summed E-state index contributed by atoms with van der Waals surface area (Å²) >= 11 is 12.3. The molecule has 0 spiro atoms. The molecule has 0 atom stereocenters. The molecule has 2 heterocycles. The number of ether oxygens (including phenoxy) is 1. The lowest BCUT2D eigenvalue weighted by molar-refractivity contribution is 0.308. The Morgan fingerprint density at radius 1 is 1.23 bits per heavy atom. The Morgan fingerprint density at radius 3 is 2.64 bits per heavy atom. The normalized spacial score (nSPS) is 10.9. The monoisotopic (exact) mass is 332 g/mol. The van der Waals surface area contributed by atoms with E-state index in [-0.39, 0.29) is 6.61 Å². The van der Waals surface area contributed by atoms with Crippen molar-refractivity contribution in [3.8, 4) is 5.75 Å². The molecule has 5 heteroatoms. The molecule has 0 bridgehead atoms.